The smallest absolute Gasteiger partial charge is 0.337 e. The van der Waals surface area contributed by atoms with Crippen LogP contribution in [0, 0.1) is 6.92 Å². The summed E-state index contributed by atoms with van der Waals surface area (Å²) in [4.78, 5) is 30.6. The number of hydrogen-bond donors (Lipinski definition) is 0. The molecule has 5 nitrogen and oxygen atoms in total. The molecule has 24 heavy (non-hydrogen) atoms. The molecule has 0 N–H and O–H groups in total. The summed E-state index contributed by atoms with van der Waals surface area (Å²) in [5.41, 5.74) is 2.76. The van der Waals surface area contributed by atoms with Crippen molar-refractivity contribution in [2.24, 2.45) is 0 Å². The number of aryl methyl sites for hydroxylation is 1. The van der Waals surface area contributed by atoms with Crippen LogP contribution in [0.4, 0.5) is 0 Å². The van der Waals surface area contributed by atoms with Crippen molar-refractivity contribution in [1.82, 2.24) is 9.88 Å². The number of hydrogen-bond acceptors (Lipinski definition) is 5. The number of thiazole rings is 1. The lowest BCUT2D eigenvalue weighted by Crippen LogP contribution is -2.26. The molecule has 0 aliphatic rings. The first kappa shape index (κ1) is 18.1. The van der Waals surface area contributed by atoms with Crippen molar-refractivity contribution in [2.45, 2.75) is 33.2 Å². The lowest BCUT2D eigenvalue weighted by Gasteiger charge is -2.17. The molecule has 0 atom stereocenters. The van der Waals surface area contributed by atoms with E-state index in [-0.39, 0.29) is 11.8 Å². The Hall–Kier alpha value is -2.21. The van der Waals surface area contributed by atoms with Crippen LogP contribution in [-0.2, 0) is 11.3 Å². The Morgan fingerprint density at radius 2 is 1.92 bits per heavy atom. The number of esters is 1. The Morgan fingerprint density at radius 1 is 1.25 bits per heavy atom. The van der Waals surface area contributed by atoms with E-state index in [1.807, 2.05) is 32.2 Å². The van der Waals surface area contributed by atoms with Gasteiger partial charge in [-0.05, 0) is 36.6 Å². The van der Waals surface area contributed by atoms with Crippen molar-refractivity contribution in [3.05, 3.63) is 51.0 Å². The van der Waals surface area contributed by atoms with Crippen LogP contribution in [0.25, 0.3) is 0 Å². The fourth-order valence-electron chi connectivity index (χ4n) is 2.31. The molecule has 1 amide bonds. The van der Waals surface area contributed by atoms with Crippen LogP contribution in [0.3, 0.4) is 0 Å². The van der Waals surface area contributed by atoms with Gasteiger partial charge < -0.3 is 9.64 Å². The Bertz CT molecular complexity index is 752. The van der Waals surface area contributed by atoms with Gasteiger partial charge in [0.1, 0.15) is 5.01 Å². The van der Waals surface area contributed by atoms with Gasteiger partial charge >= 0.3 is 5.97 Å². The summed E-state index contributed by atoms with van der Waals surface area (Å²) in [6, 6.07) is 5.20. The minimum absolute atomic E-state index is 0.143. The van der Waals surface area contributed by atoms with E-state index in [1.54, 1.807) is 24.1 Å². The summed E-state index contributed by atoms with van der Waals surface area (Å²) in [6.45, 7) is 6.41. The summed E-state index contributed by atoms with van der Waals surface area (Å²) in [6.07, 6.45) is 0. The number of nitrogens with zero attached hydrogens (tertiary/aromatic N) is 2. The summed E-state index contributed by atoms with van der Waals surface area (Å²) < 4.78 is 4.79. The molecular weight excluding hydrogens is 324 g/mol. The number of carbonyl (C=O) groups is 2. The fourth-order valence-corrected chi connectivity index (χ4v) is 3.14. The molecule has 128 valence electrons. The normalized spacial score (nSPS) is 10.8. The highest BCUT2D eigenvalue weighted by molar-refractivity contribution is 7.09. The number of ether oxygens (including phenoxy) is 1. The van der Waals surface area contributed by atoms with E-state index in [1.165, 1.54) is 18.4 Å². The van der Waals surface area contributed by atoms with Gasteiger partial charge in [-0.25, -0.2) is 9.78 Å². The van der Waals surface area contributed by atoms with E-state index in [0.717, 1.165) is 16.3 Å². The first-order valence-corrected chi connectivity index (χ1v) is 8.59. The molecule has 2 rings (SSSR count). The highest BCUT2D eigenvalue weighted by atomic mass is 32.1. The molecule has 0 saturated heterocycles. The first-order chi connectivity index (χ1) is 11.3. The average Bonchev–Trinajstić information content (AvgIpc) is 2.97. The van der Waals surface area contributed by atoms with Crippen LogP contribution in [0.2, 0.25) is 0 Å². The van der Waals surface area contributed by atoms with E-state index in [2.05, 4.69) is 4.98 Å². The maximum absolute atomic E-state index is 12.7. The summed E-state index contributed by atoms with van der Waals surface area (Å²) >= 11 is 1.53. The predicted octanol–water partition coefficient (Wildman–Crippen LogP) is 3.63. The van der Waals surface area contributed by atoms with Gasteiger partial charge in [0.05, 0.1) is 19.2 Å². The molecule has 0 fully saturated rings. The van der Waals surface area contributed by atoms with Crippen LogP contribution >= 0.6 is 11.3 Å². The molecule has 0 bridgehead atoms. The molecule has 0 spiro atoms. The SMILES string of the molecule is COC(=O)c1cc(C(=O)N(C)Cc2nc(C)cs2)cc(C(C)C)c1. The Morgan fingerprint density at radius 3 is 2.46 bits per heavy atom. The summed E-state index contributed by atoms with van der Waals surface area (Å²) in [5.74, 6) is -0.381. The standard InChI is InChI=1S/C18H22N2O3S/c1-11(2)13-6-14(8-15(7-13)18(22)23-5)17(21)20(4)9-16-19-12(3)10-24-16/h6-8,10-11H,9H2,1-5H3. The zero-order valence-electron chi connectivity index (χ0n) is 14.6. The highest BCUT2D eigenvalue weighted by Crippen LogP contribution is 2.21. The number of methoxy groups -OCH3 is 1. The predicted molar refractivity (Wildman–Crippen MR) is 94.5 cm³/mol. The Balaban J connectivity index is 2.29. The number of rotatable bonds is 5. The van der Waals surface area contributed by atoms with Gasteiger partial charge in [0.15, 0.2) is 0 Å². The second-order valence-corrected chi connectivity index (χ2v) is 6.98. The second kappa shape index (κ2) is 7.57. The third-order valence-electron chi connectivity index (χ3n) is 3.68. The molecule has 1 aromatic heterocycles. The quantitative estimate of drug-likeness (QED) is 0.776. The van der Waals surface area contributed by atoms with Crippen LogP contribution in [0.5, 0.6) is 0 Å². The zero-order chi connectivity index (χ0) is 17.9. The minimum Gasteiger partial charge on any atom is -0.465 e. The Labute approximate surface area is 146 Å². The van der Waals surface area contributed by atoms with Crippen LogP contribution < -0.4 is 0 Å². The molecule has 0 unspecified atom stereocenters. The zero-order valence-corrected chi connectivity index (χ0v) is 15.4. The van der Waals surface area contributed by atoms with Gasteiger partial charge in [0.2, 0.25) is 0 Å². The number of benzene rings is 1. The fraction of sp³-hybridized carbons (Fsp3) is 0.389. The number of carbonyl (C=O) groups excluding carboxylic acids is 2. The third kappa shape index (κ3) is 4.20. The monoisotopic (exact) mass is 346 g/mol. The average molecular weight is 346 g/mol. The number of amides is 1. The van der Waals surface area contributed by atoms with Crippen molar-refractivity contribution in [3.63, 3.8) is 0 Å². The molecule has 1 heterocycles. The van der Waals surface area contributed by atoms with E-state index < -0.39 is 5.97 Å². The minimum atomic E-state index is -0.440. The highest BCUT2D eigenvalue weighted by Gasteiger charge is 2.18. The molecule has 6 heteroatoms. The third-order valence-corrected chi connectivity index (χ3v) is 4.63. The molecule has 0 aliphatic heterocycles. The second-order valence-electron chi connectivity index (χ2n) is 6.03. The summed E-state index contributed by atoms with van der Waals surface area (Å²) in [5, 5.41) is 2.85. The topological polar surface area (TPSA) is 59.5 Å². The van der Waals surface area contributed by atoms with Crippen molar-refractivity contribution >= 4 is 23.2 Å². The van der Waals surface area contributed by atoms with Gasteiger partial charge in [-0.3, -0.25) is 4.79 Å². The summed E-state index contributed by atoms with van der Waals surface area (Å²) in [7, 11) is 3.07. The van der Waals surface area contributed by atoms with Crippen molar-refractivity contribution in [2.75, 3.05) is 14.2 Å². The van der Waals surface area contributed by atoms with Crippen LogP contribution in [0.15, 0.2) is 23.6 Å². The van der Waals surface area contributed by atoms with Gasteiger partial charge in [0, 0.05) is 23.7 Å². The van der Waals surface area contributed by atoms with E-state index in [9.17, 15) is 9.59 Å². The molecular formula is C18H22N2O3S. The van der Waals surface area contributed by atoms with Crippen molar-refractivity contribution in [3.8, 4) is 0 Å². The maximum Gasteiger partial charge on any atom is 0.337 e. The van der Waals surface area contributed by atoms with Crippen molar-refractivity contribution < 1.29 is 14.3 Å². The molecule has 0 saturated carbocycles. The van der Waals surface area contributed by atoms with Gasteiger partial charge in [-0.1, -0.05) is 13.8 Å². The van der Waals surface area contributed by atoms with E-state index in [4.69, 9.17) is 4.74 Å². The number of aromatic nitrogens is 1. The molecule has 1 aromatic carbocycles. The van der Waals surface area contributed by atoms with Gasteiger partial charge in [-0.2, -0.15) is 0 Å². The molecule has 0 aliphatic carbocycles. The van der Waals surface area contributed by atoms with E-state index >= 15 is 0 Å². The van der Waals surface area contributed by atoms with Crippen LogP contribution in [-0.4, -0.2) is 35.9 Å². The largest absolute Gasteiger partial charge is 0.465 e. The van der Waals surface area contributed by atoms with Gasteiger partial charge in [-0.15, -0.1) is 11.3 Å². The first-order valence-electron chi connectivity index (χ1n) is 7.71. The van der Waals surface area contributed by atoms with E-state index in [0.29, 0.717) is 17.7 Å². The van der Waals surface area contributed by atoms with Crippen LogP contribution in [0.1, 0.15) is 56.7 Å². The lowest BCUT2D eigenvalue weighted by atomic mass is 9.97. The van der Waals surface area contributed by atoms with Gasteiger partial charge in [0.25, 0.3) is 5.91 Å². The molecule has 2 aromatic rings. The maximum atomic E-state index is 12.7. The molecule has 0 radical (unpaired) electrons. The lowest BCUT2D eigenvalue weighted by molar-refractivity contribution is 0.0600. The Kier molecular flexibility index (Phi) is 5.72. The van der Waals surface area contributed by atoms with Crippen molar-refractivity contribution in [1.29, 1.82) is 0 Å².